The van der Waals surface area contributed by atoms with Gasteiger partial charge in [0.1, 0.15) is 6.04 Å². The second-order valence-electron chi connectivity index (χ2n) is 6.69. The second-order valence-corrected chi connectivity index (χ2v) is 8.55. The number of sulfonamides is 1. The van der Waals surface area contributed by atoms with Crippen LogP contribution < -0.4 is 15.4 Å². The number of rotatable bonds is 7. The van der Waals surface area contributed by atoms with Crippen LogP contribution in [-0.2, 0) is 14.8 Å². The fourth-order valence-electron chi connectivity index (χ4n) is 2.90. The molecule has 0 aliphatic carbocycles. The average Bonchev–Trinajstić information content (AvgIpc) is 2.61. The third-order valence-corrected chi connectivity index (χ3v) is 5.67. The SMILES string of the molecule is CCC(C(=O)Nc1cccc(C(N)=O)c1)N(c1ccc(C)c(C)c1)S(C)(=O)=O. The van der Waals surface area contributed by atoms with Gasteiger partial charge in [-0.15, -0.1) is 0 Å². The molecule has 0 aliphatic heterocycles. The van der Waals surface area contributed by atoms with Crippen LogP contribution in [-0.4, -0.2) is 32.5 Å². The van der Waals surface area contributed by atoms with Crippen LogP contribution >= 0.6 is 0 Å². The lowest BCUT2D eigenvalue weighted by molar-refractivity contribution is -0.117. The predicted molar refractivity (Wildman–Crippen MR) is 111 cm³/mol. The normalized spacial score (nSPS) is 12.3. The molecule has 0 spiro atoms. The lowest BCUT2D eigenvalue weighted by atomic mass is 10.1. The first-order chi connectivity index (χ1) is 13.0. The van der Waals surface area contributed by atoms with Gasteiger partial charge in [-0.05, 0) is 61.7 Å². The molecule has 2 aromatic carbocycles. The molecule has 150 valence electrons. The van der Waals surface area contributed by atoms with Gasteiger partial charge < -0.3 is 11.1 Å². The molecular formula is C20H25N3O4S. The van der Waals surface area contributed by atoms with E-state index in [4.69, 9.17) is 5.73 Å². The number of hydrogen-bond donors (Lipinski definition) is 2. The minimum absolute atomic E-state index is 0.250. The molecule has 2 amide bonds. The van der Waals surface area contributed by atoms with E-state index >= 15 is 0 Å². The maximum absolute atomic E-state index is 12.9. The van der Waals surface area contributed by atoms with Gasteiger partial charge in [0.2, 0.25) is 21.8 Å². The molecule has 8 heteroatoms. The minimum atomic E-state index is -3.72. The Balaban J connectivity index is 2.40. The van der Waals surface area contributed by atoms with Crippen molar-refractivity contribution in [3.05, 3.63) is 59.2 Å². The molecule has 0 bridgehead atoms. The summed E-state index contributed by atoms with van der Waals surface area (Å²) in [5.41, 5.74) is 8.27. The lowest BCUT2D eigenvalue weighted by Crippen LogP contribution is -2.47. The Morgan fingerprint density at radius 2 is 1.79 bits per heavy atom. The molecule has 1 atom stereocenters. The Kier molecular flexibility index (Phi) is 6.45. The molecule has 3 N–H and O–H groups in total. The van der Waals surface area contributed by atoms with Gasteiger partial charge >= 0.3 is 0 Å². The van der Waals surface area contributed by atoms with E-state index in [1.165, 1.54) is 12.1 Å². The molecule has 0 saturated heterocycles. The zero-order valence-electron chi connectivity index (χ0n) is 16.4. The first kappa shape index (κ1) is 21.4. The van der Waals surface area contributed by atoms with Gasteiger partial charge in [-0.25, -0.2) is 8.42 Å². The number of amides is 2. The Morgan fingerprint density at radius 1 is 1.11 bits per heavy atom. The van der Waals surface area contributed by atoms with Gasteiger partial charge in [-0.3, -0.25) is 13.9 Å². The molecular weight excluding hydrogens is 378 g/mol. The third kappa shape index (κ3) is 4.89. The Hall–Kier alpha value is -2.87. The highest BCUT2D eigenvalue weighted by Crippen LogP contribution is 2.25. The van der Waals surface area contributed by atoms with Crippen molar-refractivity contribution in [1.82, 2.24) is 0 Å². The summed E-state index contributed by atoms with van der Waals surface area (Å²) in [6.07, 6.45) is 1.34. The van der Waals surface area contributed by atoms with Crippen molar-refractivity contribution in [2.24, 2.45) is 5.73 Å². The summed E-state index contributed by atoms with van der Waals surface area (Å²) in [4.78, 5) is 24.2. The number of nitrogens with two attached hydrogens (primary N) is 1. The number of carbonyl (C=O) groups is 2. The van der Waals surface area contributed by atoms with E-state index in [0.717, 1.165) is 21.7 Å². The van der Waals surface area contributed by atoms with Crippen molar-refractivity contribution in [1.29, 1.82) is 0 Å². The largest absolute Gasteiger partial charge is 0.366 e. The van der Waals surface area contributed by atoms with Gasteiger partial charge in [0.15, 0.2) is 0 Å². The van der Waals surface area contributed by atoms with Gasteiger partial charge in [0.25, 0.3) is 0 Å². The molecule has 2 aromatic rings. The number of anilines is 2. The van der Waals surface area contributed by atoms with Gasteiger partial charge in [-0.1, -0.05) is 19.1 Å². The standard InChI is InChI=1S/C20H25N3O4S/c1-5-18(20(25)22-16-8-6-7-15(12-16)19(21)24)23(28(4,26)27)17-10-9-13(2)14(3)11-17/h6-12,18H,5H2,1-4H3,(H2,21,24)(H,22,25). The maximum atomic E-state index is 12.9. The molecule has 0 aliphatic rings. The zero-order valence-corrected chi connectivity index (χ0v) is 17.2. The first-order valence-electron chi connectivity index (χ1n) is 8.82. The molecule has 2 rings (SSSR count). The predicted octanol–water partition coefficient (Wildman–Crippen LogP) is 2.59. The third-order valence-electron chi connectivity index (χ3n) is 4.49. The summed E-state index contributed by atoms with van der Waals surface area (Å²) in [7, 11) is -3.72. The van der Waals surface area contributed by atoms with Crippen molar-refractivity contribution < 1.29 is 18.0 Å². The Bertz CT molecular complexity index is 1000. The van der Waals surface area contributed by atoms with E-state index in [9.17, 15) is 18.0 Å². The summed E-state index contributed by atoms with van der Waals surface area (Å²) < 4.78 is 26.2. The number of carbonyl (C=O) groups excluding carboxylic acids is 2. The van der Waals surface area contributed by atoms with E-state index < -0.39 is 27.9 Å². The van der Waals surface area contributed by atoms with Crippen LogP contribution in [0.25, 0.3) is 0 Å². The summed E-state index contributed by atoms with van der Waals surface area (Å²) in [5, 5.41) is 2.68. The average molecular weight is 404 g/mol. The fourth-order valence-corrected chi connectivity index (χ4v) is 4.10. The van der Waals surface area contributed by atoms with Crippen molar-refractivity contribution in [2.45, 2.75) is 33.2 Å². The molecule has 7 nitrogen and oxygen atoms in total. The topological polar surface area (TPSA) is 110 Å². The molecule has 28 heavy (non-hydrogen) atoms. The highest BCUT2D eigenvalue weighted by molar-refractivity contribution is 7.92. The van der Waals surface area contributed by atoms with Crippen LogP contribution in [0.3, 0.4) is 0 Å². The number of aryl methyl sites for hydroxylation is 2. The molecule has 1 unspecified atom stereocenters. The van der Waals surface area contributed by atoms with Crippen LogP contribution in [0.4, 0.5) is 11.4 Å². The van der Waals surface area contributed by atoms with Crippen molar-refractivity contribution in [2.75, 3.05) is 15.9 Å². The maximum Gasteiger partial charge on any atom is 0.248 e. The van der Waals surface area contributed by atoms with E-state index in [1.807, 2.05) is 19.9 Å². The van der Waals surface area contributed by atoms with E-state index in [2.05, 4.69) is 5.32 Å². The van der Waals surface area contributed by atoms with Crippen molar-refractivity contribution in [3.8, 4) is 0 Å². The van der Waals surface area contributed by atoms with E-state index in [-0.39, 0.29) is 12.0 Å². The highest BCUT2D eigenvalue weighted by atomic mass is 32.2. The fraction of sp³-hybridized carbons (Fsp3) is 0.300. The monoisotopic (exact) mass is 403 g/mol. The summed E-state index contributed by atoms with van der Waals surface area (Å²) >= 11 is 0. The smallest absolute Gasteiger partial charge is 0.248 e. The van der Waals surface area contributed by atoms with Crippen LogP contribution in [0, 0.1) is 13.8 Å². The number of benzene rings is 2. The molecule has 0 fully saturated rings. The highest BCUT2D eigenvalue weighted by Gasteiger charge is 2.31. The van der Waals surface area contributed by atoms with Crippen LogP contribution in [0.1, 0.15) is 34.8 Å². The number of nitrogens with zero attached hydrogens (tertiary/aromatic N) is 1. The minimum Gasteiger partial charge on any atom is -0.366 e. The van der Waals surface area contributed by atoms with Crippen LogP contribution in [0.15, 0.2) is 42.5 Å². The summed E-state index contributed by atoms with van der Waals surface area (Å²) in [6.45, 7) is 5.55. The second kappa shape index (κ2) is 8.43. The van der Waals surface area contributed by atoms with Crippen LogP contribution in [0.5, 0.6) is 0 Å². The Labute approximate surface area is 165 Å². The van der Waals surface area contributed by atoms with Gasteiger partial charge in [0, 0.05) is 11.3 Å². The lowest BCUT2D eigenvalue weighted by Gasteiger charge is -2.30. The molecule has 0 heterocycles. The number of nitrogens with one attached hydrogen (secondary N) is 1. The van der Waals surface area contributed by atoms with Gasteiger partial charge in [0.05, 0.1) is 11.9 Å². The first-order valence-corrected chi connectivity index (χ1v) is 10.7. The molecule has 0 radical (unpaired) electrons. The van der Waals surface area contributed by atoms with Crippen molar-refractivity contribution in [3.63, 3.8) is 0 Å². The number of hydrogen-bond acceptors (Lipinski definition) is 4. The number of primary amides is 1. The Morgan fingerprint density at radius 3 is 2.32 bits per heavy atom. The van der Waals surface area contributed by atoms with Crippen LogP contribution in [0.2, 0.25) is 0 Å². The summed E-state index contributed by atoms with van der Waals surface area (Å²) in [5.74, 6) is -1.11. The zero-order chi connectivity index (χ0) is 21.1. The van der Waals surface area contributed by atoms with Gasteiger partial charge in [-0.2, -0.15) is 0 Å². The quantitative estimate of drug-likeness (QED) is 0.740. The molecule has 0 aromatic heterocycles. The van der Waals surface area contributed by atoms with E-state index in [1.54, 1.807) is 31.2 Å². The van der Waals surface area contributed by atoms with Crippen molar-refractivity contribution >= 4 is 33.2 Å². The van der Waals surface area contributed by atoms with E-state index in [0.29, 0.717) is 11.4 Å². The molecule has 0 saturated carbocycles. The summed E-state index contributed by atoms with van der Waals surface area (Å²) in [6, 6.07) is 10.5.